The predicted octanol–water partition coefficient (Wildman–Crippen LogP) is 15.1. The van der Waals surface area contributed by atoms with Gasteiger partial charge in [-0.2, -0.15) is 0 Å². The molecule has 0 saturated carbocycles. The highest BCUT2D eigenvalue weighted by molar-refractivity contribution is 7.26. The third-order valence-electron chi connectivity index (χ3n) is 11.4. The zero-order chi connectivity index (χ0) is 37.5. The normalized spacial score (nSPS) is 11.9. The van der Waals surface area contributed by atoms with Gasteiger partial charge in [-0.3, -0.25) is 0 Å². The highest BCUT2D eigenvalue weighted by atomic mass is 32.1. The molecule has 0 amide bonds. The van der Waals surface area contributed by atoms with E-state index in [1.54, 1.807) is 0 Å². The lowest BCUT2D eigenvalue weighted by molar-refractivity contribution is 0.669. The largest absolute Gasteiger partial charge is 0.456 e. The Kier molecular flexibility index (Phi) is 7.10. The van der Waals surface area contributed by atoms with E-state index in [1.165, 1.54) is 58.8 Å². The second-order valence-corrected chi connectivity index (χ2v) is 15.8. The summed E-state index contributed by atoms with van der Waals surface area (Å²) in [7, 11) is 0. The Bertz CT molecular complexity index is 3520. The van der Waals surface area contributed by atoms with Gasteiger partial charge in [-0.25, -0.2) is 4.98 Å². The van der Waals surface area contributed by atoms with Gasteiger partial charge in [-0.1, -0.05) is 121 Å². The fraction of sp³-hybridized carbons (Fsp3) is 0. The maximum absolute atomic E-state index is 6.33. The van der Waals surface area contributed by atoms with Crippen molar-refractivity contribution in [1.29, 1.82) is 0 Å². The molecule has 12 rings (SSSR count). The van der Waals surface area contributed by atoms with Crippen molar-refractivity contribution in [2.45, 2.75) is 0 Å². The molecular weight excluding hydrogens is 713 g/mol. The monoisotopic (exact) mass is 744 g/mol. The van der Waals surface area contributed by atoms with Gasteiger partial charge in [-0.05, 0) is 95.1 Å². The van der Waals surface area contributed by atoms with Gasteiger partial charge in [0, 0.05) is 58.5 Å². The molecule has 0 atom stereocenters. The van der Waals surface area contributed by atoms with Crippen LogP contribution in [0, 0.1) is 0 Å². The van der Waals surface area contributed by atoms with E-state index in [-0.39, 0.29) is 0 Å². The second kappa shape index (κ2) is 12.6. The Hall–Kier alpha value is -7.27. The first-order valence-corrected chi connectivity index (χ1v) is 20.1. The summed E-state index contributed by atoms with van der Waals surface area (Å²) in [5, 5.41) is 7.25. The lowest BCUT2D eigenvalue weighted by Gasteiger charge is -2.12. The summed E-state index contributed by atoms with van der Waals surface area (Å²) in [4.78, 5) is 5.36. The SMILES string of the molecule is c1ccc(-c2cc(-c3ccc4c(c3)oc3ccccc34)cc(-c3cccc4sc5cc(-c6ccc7c(c6)c6ccccc6n7-c6ccccc6)ccc5c34)n2)cc1. The maximum atomic E-state index is 6.33. The van der Waals surface area contributed by atoms with Crippen LogP contribution in [0.2, 0.25) is 0 Å². The van der Waals surface area contributed by atoms with E-state index in [1.807, 2.05) is 23.5 Å². The number of rotatable bonds is 5. The average molecular weight is 745 g/mol. The topological polar surface area (TPSA) is 31.0 Å². The van der Waals surface area contributed by atoms with Crippen LogP contribution in [0.25, 0.3) is 114 Å². The van der Waals surface area contributed by atoms with E-state index in [9.17, 15) is 0 Å². The van der Waals surface area contributed by atoms with Crippen LogP contribution in [0.5, 0.6) is 0 Å². The Balaban J connectivity index is 1.00. The fourth-order valence-electron chi connectivity index (χ4n) is 8.72. The quantitative estimate of drug-likeness (QED) is 0.176. The molecule has 0 aliphatic heterocycles. The van der Waals surface area contributed by atoms with Crippen LogP contribution in [-0.2, 0) is 0 Å². The molecule has 8 aromatic carbocycles. The molecule has 0 radical (unpaired) electrons. The number of furan rings is 1. The lowest BCUT2D eigenvalue weighted by Crippen LogP contribution is -1.92. The van der Waals surface area contributed by atoms with Crippen LogP contribution in [0.1, 0.15) is 0 Å². The molecule has 0 spiro atoms. The van der Waals surface area contributed by atoms with E-state index in [4.69, 9.17) is 9.40 Å². The smallest absolute Gasteiger partial charge is 0.136 e. The summed E-state index contributed by atoms with van der Waals surface area (Å²) in [5.74, 6) is 0. The van der Waals surface area contributed by atoms with Crippen LogP contribution in [0.4, 0.5) is 0 Å². The summed E-state index contributed by atoms with van der Waals surface area (Å²) in [6.07, 6.45) is 0. The summed E-state index contributed by atoms with van der Waals surface area (Å²) < 4.78 is 11.2. The van der Waals surface area contributed by atoms with E-state index in [0.29, 0.717) is 0 Å². The third kappa shape index (κ3) is 5.15. The molecule has 0 unspecified atom stereocenters. The van der Waals surface area contributed by atoms with Crippen molar-refractivity contribution >= 4 is 75.3 Å². The number of thiophene rings is 1. The van der Waals surface area contributed by atoms with Crippen molar-refractivity contribution in [2.75, 3.05) is 0 Å². The van der Waals surface area contributed by atoms with E-state index < -0.39 is 0 Å². The van der Waals surface area contributed by atoms with E-state index >= 15 is 0 Å². The van der Waals surface area contributed by atoms with Crippen LogP contribution in [-0.4, -0.2) is 9.55 Å². The number of para-hydroxylation sites is 3. The number of nitrogens with zero attached hydrogens (tertiary/aromatic N) is 2. The fourth-order valence-corrected chi connectivity index (χ4v) is 9.90. The number of hydrogen-bond acceptors (Lipinski definition) is 3. The van der Waals surface area contributed by atoms with E-state index in [2.05, 4.69) is 187 Å². The van der Waals surface area contributed by atoms with Gasteiger partial charge in [0.2, 0.25) is 0 Å². The maximum Gasteiger partial charge on any atom is 0.136 e. The standard InChI is InChI=1S/C53H32N2OS/c1-3-12-33(13-4-1)45-29-37(35-22-25-41-40-17-8-10-20-49(40)56-50(41)31-35)30-46(54-45)42-18-11-21-51-53(42)43-26-23-36(32-52(43)57-51)34-24-27-48-44(28-34)39-16-7-9-19-47(39)55(48)38-14-5-2-6-15-38/h1-32H. The van der Waals surface area contributed by atoms with Crippen LogP contribution in [0.15, 0.2) is 199 Å². The average Bonchev–Trinajstić information content (AvgIpc) is 3.95. The second-order valence-electron chi connectivity index (χ2n) is 14.7. The number of fused-ring (bicyclic) bond motifs is 9. The van der Waals surface area contributed by atoms with Gasteiger partial charge in [0.25, 0.3) is 0 Å². The molecule has 4 heteroatoms. The van der Waals surface area contributed by atoms with Crippen molar-refractivity contribution in [2.24, 2.45) is 0 Å². The molecule has 12 aromatic rings. The molecule has 0 fully saturated rings. The molecule has 3 nitrogen and oxygen atoms in total. The molecule has 4 heterocycles. The molecule has 0 bridgehead atoms. The minimum Gasteiger partial charge on any atom is -0.456 e. The van der Waals surface area contributed by atoms with Gasteiger partial charge >= 0.3 is 0 Å². The molecular formula is C53H32N2OS. The highest BCUT2D eigenvalue weighted by Crippen LogP contribution is 2.43. The van der Waals surface area contributed by atoms with Gasteiger partial charge in [0.1, 0.15) is 11.2 Å². The Labute approximate surface area is 332 Å². The van der Waals surface area contributed by atoms with Gasteiger partial charge in [0.05, 0.1) is 22.4 Å². The van der Waals surface area contributed by atoms with Gasteiger partial charge in [-0.15, -0.1) is 11.3 Å². The number of hydrogen-bond donors (Lipinski definition) is 0. The highest BCUT2D eigenvalue weighted by Gasteiger charge is 2.18. The zero-order valence-corrected chi connectivity index (χ0v) is 31.5. The Morgan fingerprint density at radius 1 is 0.386 bits per heavy atom. The van der Waals surface area contributed by atoms with Crippen LogP contribution >= 0.6 is 11.3 Å². The number of benzene rings is 8. The summed E-state index contributed by atoms with van der Waals surface area (Å²) in [6.45, 7) is 0. The number of pyridine rings is 1. The first-order valence-electron chi connectivity index (χ1n) is 19.3. The minimum absolute atomic E-state index is 0.885. The Morgan fingerprint density at radius 3 is 1.93 bits per heavy atom. The van der Waals surface area contributed by atoms with Crippen molar-refractivity contribution in [3.8, 4) is 50.5 Å². The third-order valence-corrected chi connectivity index (χ3v) is 12.5. The lowest BCUT2D eigenvalue weighted by atomic mass is 9.96. The minimum atomic E-state index is 0.885. The molecule has 266 valence electrons. The van der Waals surface area contributed by atoms with Crippen molar-refractivity contribution in [3.05, 3.63) is 194 Å². The molecule has 0 saturated heterocycles. The van der Waals surface area contributed by atoms with Crippen molar-refractivity contribution in [3.63, 3.8) is 0 Å². The van der Waals surface area contributed by atoms with Crippen molar-refractivity contribution < 1.29 is 4.42 Å². The van der Waals surface area contributed by atoms with Crippen molar-refractivity contribution in [1.82, 2.24) is 9.55 Å². The number of aromatic nitrogens is 2. The molecule has 0 aliphatic carbocycles. The summed E-state index contributed by atoms with van der Waals surface area (Å²) in [5.41, 5.74) is 14.1. The summed E-state index contributed by atoms with van der Waals surface area (Å²) >= 11 is 1.85. The molecule has 57 heavy (non-hydrogen) atoms. The van der Waals surface area contributed by atoms with Gasteiger partial charge < -0.3 is 8.98 Å². The van der Waals surface area contributed by atoms with Crippen LogP contribution in [0.3, 0.4) is 0 Å². The van der Waals surface area contributed by atoms with E-state index in [0.717, 1.165) is 55.6 Å². The molecule has 4 aromatic heterocycles. The summed E-state index contributed by atoms with van der Waals surface area (Å²) in [6, 6.07) is 69.6. The molecule has 0 N–H and O–H groups in total. The Morgan fingerprint density at radius 2 is 1.05 bits per heavy atom. The van der Waals surface area contributed by atoms with Crippen LogP contribution < -0.4 is 0 Å². The predicted molar refractivity (Wildman–Crippen MR) is 240 cm³/mol. The molecule has 0 aliphatic rings. The van der Waals surface area contributed by atoms with Gasteiger partial charge in [0.15, 0.2) is 0 Å². The zero-order valence-electron chi connectivity index (χ0n) is 30.7. The first kappa shape index (κ1) is 32.0. The first-order chi connectivity index (χ1) is 28.2.